The van der Waals surface area contributed by atoms with Gasteiger partial charge in [-0.2, -0.15) is 0 Å². The zero-order valence-electron chi connectivity index (χ0n) is 17.9. The number of hydrogen-bond acceptors (Lipinski definition) is 4. The predicted octanol–water partition coefficient (Wildman–Crippen LogP) is 3.67. The Kier molecular flexibility index (Phi) is 11.0. The Morgan fingerprint density at radius 3 is 2.37 bits per heavy atom. The molecule has 0 atom stereocenters. The fraction of sp³-hybridized carbons (Fsp3) is 0.381. The minimum atomic E-state index is -3.35. The molecule has 0 radical (unpaired) electrons. The molecule has 2 aromatic rings. The van der Waals surface area contributed by atoms with Crippen molar-refractivity contribution in [3.8, 4) is 5.75 Å². The van der Waals surface area contributed by atoms with Crippen molar-refractivity contribution in [3.05, 3.63) is 59.7 Å². The molecule has 0 saturated heterocycles. The van der Waals surface area contributed by atoms with Gasteiger partial charge in [0.2, 0.25) is 10.0 Å². The molecule has 2 rings (SSSR count). The van der Waals surface area contributed by atoms with Gasteiger partial charge in [-0.1, -0.05) is 30.3 Å². The van der Waals surface area contributed by atoms with Crippen LogP contribution in [0.15, 0.2) is 53.5 Å². The Balaban J connectivity index is 0.00000450. The fourth-order valence-electron chi connectivity index (χ4n) is 2.79. The van der Waals surface area contributed by atoms with Crippen molar-refractivity contribution in [2.45, 2.75) is 26.9 Å². The molecular weight excluding hydrogens is 515 g/mol. The summed E-state index contributed by atoms with van der Waals surface area (Å²) in [5.74, 6) is 1.60. The van der Waals surface area contributed by atoms with Crippen LogP contribution in [0.2, 0.25) is 0 Å². The molecule has 0 spiro atoms. The number of benzene rings is 2. The van der Waals surface area contributed by atoms with Crippen molar-refractivity contribution in [2.24, 2.45) is 4.99 Å². The number of anilines is 1. The summed E-state index contributed by atoms with van der Waals surface area (Å²) < 4.78 is 31.2. The van der Waals surface area contributed by atoms with Crippen molar-refractivity contribution in [1.29, 1.82) is 0 Å². The first-order valence-corrected chi connectivity index (χ1v) is 11.5. The molecule has 2 N–H and O–H groups in total. The van der Waals surface area contributed by atoms with E-state index in [1.54, 1.807) is 12.1 Å². The maximum absolute atomic E-state index is 11.6. The minimum absolute atomic E-state index is 0. The molecular formula is C21H31IN4O3S. The van der Waals surface area contributed by atoms with Crippen molar-refractivity contribution >= 4 is 45.6 Å². The smallest absolute Gasteiger partial charge is 0.229 e. The van der Waals surface area contributed by atoms with Gasteiger partial charge >= 0.3 is 0 Å². The molecule has 0 aliphatic rings. The topological polar surface area (TPSA) is 83.0 Å². The van der Waals surface area contributed by atoms with Crippen LogP contribution in [0.1, 0.15) is 25.0 Å². The van der Waals surface area contributed by atoms with Crippen molar-refractivity contribution in [1.82, 2.24) is 10.2 Å². The van der Waals surface area contributed by atoms with Gasteiger partial charge in [0.25, 0.3) is 0 Å². The molecule has 0 unspecified atom stereocenters. The molecule has 0 heterocycles. The van der Waals surface area contributed by atoms with Gasteiger partial charge in [0, 0.05) is 20.1 Å². The zero-order chi connectivity index (χ0) is 21.3. The summed E-state index contributed by atoms with van der Waals surface area (Å²) in [6.07, 6.45) is 1.14. The Hall–Kier alpha value is -2.01. The highest BCUT2D eigenvalue weighted by molar-refractivity contribution is 14.0. The van der Waals surface area contributed by atoms with E-state index in [9.17, 15) is 8.42 Å². The van der Waals surface area contributed by atoms with Crippen molar-refractivity contribution in [3.63, 3.8) is 0 Å². The highest BCUT2D eigenvalue weighted by atomic mass is 127. The van der Waals surface area contributed by atoms with Crippen molar-refractivity contribution < 1.29 is 13.2 Å². The number of nitrogens with one attached hydrogen (secondary N) is 2. The van der Waals surface area contributed by atoms with Crippen LogP contribution in [0.3, 0.4) is 0 Å². The van der Waals surface area contributed by atoms with E-state index in [2.05, 4.69) is 15.0 Å². The summed E-state index contributed by atoms with van der Waals surface area (Å²) in [5.41, 5.74) is 2.49. The number of nitrogens with zero attached hydrogens (tertiary/aromatic N) is 2. The van der Waals surface area contributed by atoms with Gasteiger partial charge < -0.3 is 15.0 Å². The van der Waals surface area contributed by atoms with E-state index in [1.807, 2.05) is 62.2 Å². The lowest BCUT2D eigenvalue weighted by atomic mass is 10.2. The van der Waals surface area contributed by atoms with Crippen LogP contribution < -0.4 is 14.8 Å². The van der Waals surface area contributed by atoms with Gasteiger partial charge in [0.15, 0.2) is 5.96 Å². The molecule has 0 saturated carbocycles. The maximum atomic E-state index is 11.6. The van der Waals surface area contributed by atoms with Crippen LogP contribution in [0.25, 0.3) is 0 Å². The zero-order valence-corrected chi connectivity index (χ0v) is 21.0. The largest absolute Gasteiger partial charge is 0.494 e. The normalized spacial score (nSPS) is 11.4. The maximum Gasteiger partial charge on any atom is 0.229 e. The van der Waals surface area contributed by atoms with Crippen LogP contribution >= 0.6 is 24.0 Å². The predicted molar refractivity (Wildman–Crippen MR) is 134 cm³/mol. The van der Waals surface area contributed by atoms with Gasteiger partial charge in [-0.15, -0.1) is 24.0 Å². The van der Waals surface area contributed by atoms with Gasteiger partial charge in [-0.25, -0.2) is 13.4 Å². The van der Waals surface area contributed by atoms with Crippen LogP contribution in [-0.4, -0.2) is 45.7 Å². The first-order valence-electron chi connectivity index (χ1n) is 9.59. The average Bonchev–Trinajstić information content (AvgIpc) is 2.66. The monoisotopic (exact) mass is 546 g/mol. The van der Waals surface area contributed by atoms with E-state index >= 15 is 0 Å². The summed E-state index contributed by atoms with van der Waals surface area (Å²) in [6.45, 7) is 6.39. The van der Waals surface area contributed by atoms with E-state index in [4.69, 9.17) is 4.74 Å². The molecule has 0 fully saturated rings. The first kappa shape index (κ1) is 26.0. The Labute approximate surface area is 197 Å². The van der Waals surface area contributed by atoms with Crippen LogP contribution in [0.5, 0.6) is 5.75 Å². The molecule has 0 bridgehead atoms. The molecule has 0 aliphatic heterocycles. The third-order valence-corrected chi connectivity index (χ3v) is 4.65. The number of hydrogen-bond donors (Lipinski definition) is 2. The number of para-hydroxylation sites is 1. The number of guanidine groups is 1. The molecule has 7 nitrogen and oxygen atoms in total. The second kappa shape index (κ2) is 12.6. The molecule has 30 heavy (non-hydrogen) atoms. The van der Waals surface area contributed by atoms with E-state index in [1.165, 1.54) is 0 Å². The van der Waals surface area contributed by atoms with E-state index in [0.717, 1.165) is 35.6 Å². The number of halogens is 1. The first-order chi connectivity index (χ1) is 13.8. The van der Waals surface area contributed by atoms with Crippen LogP contribution in [-0.2, 0) is 23.1 Å². The third-order valence-electron chi connectivity index (χ3n) is 4.06. The summed E-state index contributed by atoms with van der Waals surface area (Å²) in [5, 5.41) is 3.28. The van der Waals surface area contributed by atoms with E-state index < -0.39 is 10.0 Å². The number of rotatable bonds is 9. The average molecular weight is 546 g/mol. The lowest BCUT2D eigenvalue weighted by Crippen LogP contribution is -2.38. The van der Waals surface area contributed by atoms with Crippen molar-refractivity contribution in [2.75, 3.05) is 31.2 Å². The minimum Gasteiger partial charge on any atom is -0.494 e. The molecule has 9 heteroatoms. The molecule has 0 aromatic heterocycles. The number of sulfonamides is 1. The highest BCUT2D eigenvalue weighted by Crippen LogP contribution is 2.18. The summed E-state index contributed by atoms with van der Waals surface area (Å²) in [4.78, 5) is 6.72. The Bertz CT molecular complexity index is 918. The fourth-order valence-corrected chi connectivity index (χ4v) is 3.39. The lowest BCUT2D eigenvalue weighted by Gasteiger charge is -2.22. The van der Waals surface area contributed by atoms with Gasteiger partial charge in [0.1, 0.15) is 5.75 Å². The number of ether oxygens (including phenoxy) is 1. The highest BCUT2D eigenvalue weighted by Gasteiger charge is 2.10. The molecule has 2 aromatic carbocycles. The quantitative estimate of drug-likeness (QED) is 0.285. The summed E-state index contributed by atoms with van der Waals surface area (Å²) >= 11 is 0. The molecule has 0 amide bonds. The Morgan fingerprint density at radius 1 is 1.10 bits per heavy atom. The second-order valence-corrected chi connectivity index (χ2v) is 8.38. The van der Waals surface area contributed by atoms with E-state index in [0.29, 0.717) is 25.4 Å². The molecule has 0 aliphatic carbocycles. The van der Waals surface area contributed by atoms with Crippen LogP contribution in [0, 0.1) is 0 Å². The SMILES string of the molecule is CCNC(=NCc1ccccc1NS(C)(=O)=O)N(C)Cc1ccc(OCC)cc1.I. The molecule has 166 valence electrons. The van der Waals surface area contributed by atoms with Crippen LogP contribution in [0.4, 0.5) is 5.69 Å². The van der Waals surface area contributed by atoms with Gasteiger partial charge in [0.05, 0.1) is 25.1 Å². The Morgan fingerprint density at radius 2 is 1.77 bits per heavy atom. The summed E-state index contributed by atoms with van der Waals surface area (Å²) in [6, 6.07) is 15.3. The van der Waals surface area contributed by atoms with E-state index in [-0.39, 0.29) is 24.0 Å². The third kappa shape index (κ3) is 8.78. The van der Waals surface area contributed by atoms with Gasteiger partial charge in [-0.3, -0.25) is 4.72 Å². The van der Waals surface area contributed by atoms with Gasteiger partial charge in [-0.05, 0) is 43.2 Å². The summed E-state index contributed by atoms with van der Waals surface area (Å²) in [7, 11) is -1.38. The lowest BCUT2D eigenvalue weighted by molar-refractivity contribution is 0.340. The standard InChI is InChI=1S/C21H30N4O3S.HI/c1-5-22-21(25(3)16-17-11-13-19(14-12-17)28-6-2)23-15-18-9-7-8-10-20(18)24-29(4,26)27;/h7-14,24H,5-6,15-16H2,1-4H3,(H,22,23);1H. The second-order valence-electron chi connectivity index (χ2n) is 6.63. The number of aliphatic imine (C=N–C) groups is 1.